The molecule has 0 bridgehead atoms. The zero-order chi connectivity index (χ0) is 7.94. The van der Waals surface area contributed by atoms with E-state index in [9.17, 15) is 0 Å². The maximum Gasteiger partial charge on any atom is 0.0594 e. The number of hydrogen-bond acceptors (Lipinski definition) is 2. The molecule has 0 unspecified atom stereocenters. The molecular weight excluding hydrogens is 206 g/mol. The Hall–Kier alpha value is 0.400. The van der Waals surface area contributed by atoms with Gasteiger partial charge in [-0.15, -0.1) is 0 Å². The molecule has 1 rings (SSSR count). The summed E-state index contributed by atoms with van der Waals surface area (Å²) in [6.07, 6.45) is 2.60. The predicted octanol–water partition coefficient (Wildman–Crippen LogP) is 1.49. The molecule has 1 aliphatic rings. The molecule has 1 fully saturated rings. The highest BCUT2D eigenvalue weighted by Gasteiger charge is 2.08. The third kappa shape index (κ3) is 4.09. The molecule has 0 amide bonds. The van der Waals surface area contributed by atoms with Gasteiger partial charge in [-0.05, 0) is 19.4 Å². The minimum atomic E-state index is 0.925. The number of ether oxygens (including phenoxy) is 1. The van der Waals surface area contributed by atoms with Crippen LogP contribution in [0.25, 0.3) is 0 Å². The Labute approximate surface area is 77.0 Å². The summed E-state index contributed by atoms with van der Waals surface area (Å²) in [5.74, 6) is 0. The predicted molar refractivity (Wildman–Crippen MR) is 50.3 cm³/mol. The summed E-state index contributed by atoms with van der Waals surface area (Å²) in [5.41, 5.74) is 0. The normalized spacial score (nSPS) is 20.5. The molecule has 1 aliphatic heterocycles. The van der Waals surface area contributed by atoms with Crippen molar-refractivity contribution in [2.75, 3.05) is 38.2 Å². The minimum Gasteiger partial charge on any atom is -0.379 e. The number of nitrogens with zero attached hydrogens (tertiary/aromatic N) is 1. The summed E-state index contributed by atoms with van der Waals surface area (Å²) in [6.45, 7) is 5.35. The van der Waals surface area contributed by atoms with E-state index in [1.54, 1.807) is 0 Å². The van der Waals surface area contributed by atoms with E-state index in [4.69, 9.17) is 4.74 Å². The van der Waals surface area contributed by atoms with Gasteiger partial charge in [0.05, 0.1) is 13.2 Å². The molecular formula is C8H16BrNO. The fourth-order valence-corrected chi connectivity index (χ4v) is 1.65. The summed E-state index contributed by atoms with van der Waals surface area (Å²) < 4.78 is 5.26. The number of morpholine rings is 1. The molecule has 0 radical (unpaired) electrons. The Kier molecular flexibility index (Phi) is 5.15. The van der Waals surface area contributed by atoms with E-state index in [-0.39, 0.29) is 0 Å². The van der Waals surface area contributed by atoms with Crippen LogP contribution >= 0.6 is 15.9 Å². The standard InChI is InChI=1S/C8H16BrNO/c9-3-1-2-4-10-5-7-11-8-6-10/h1-8H2. The largest absolute Gasteiger partial charge is 0.379 e. The van der Waals surface area contributed by atoms with Crippen molar-refractivity contribution in [3.63, 3.8) is 0 Å². The van der Waals surface area contributed by atoms with E-state index in [2.05, 4.69) is 20.8 Å². The van der Waals surface area contributed by atoms with Crippen LogP contribution in [0.5, 0.6) is 0 Å². The SMILES string of the molecule is BrCCCCN1CCOCC1. The van der Waals surface area contributed by atoms with Crippen LogP contribution in [0.1, 0.15) is 12.8 Å². The first-order valence-electron chi connectivity index (χ1n) is 4.29. The lowest BCUT2D eigenvalue weighted by atomic mass is 10.3. The van der Waals surface area contributed by atoms with Crippen molar-refractivity contribution < 1.29 is 4.74 Å². The molecule has 0 aromatic heterocycles. The van der Waals surface area contributed by atoms with Crippen molar-refractivity contribution in [2.24, 2.45) is 0 Å². The maximum absolute atomic E-state index is 5.26. The average molecular weight is 222 g/mol. The third-order valence-corrected chi connectivity index (χ3v) is 2.52. The van der Waals surface area contributed by atoms with Crippen LogP contribution in [-0.4, -0.2) is 43.1 Å². The van der Waals surface area contributed by atoms with Crippen molar-refractivity contribution in [1.82, 2.24) is 4.90 Å². The second-order valence-electron chi connectivity index (χ2n) is 2.85. The van der Waals surface area contributed by atoms with Crippen molar-refractivity contribution in [3.05, 3.63) is 0 Å². The molecule has 0 aromatic rings. The van der Waals surface area contributed by atoms with E-state index >= 15 is 0 Å². The monoisotopic (exact) mass is 221 g/mol. The lowest BCUT2D eigenvalue weighted by Crippen LogP contribution is -2.36. The Morgan fingerprint density at radius 1 is 1.18 bits per heavy atom. The van der Waals surface area contributed by atoms with Crippen LogP contribution in [-0.2, 0) is 4.74 Å². The summed E-state index contributed by atoms with van der Waals surface area (Å²) in [7, 11) is 0. The van der Waals surface area contributed by atoms with Gasteiger partial charge < -0.3 is 4.74 Å². The molecule has 0 aromatic carbocycles. The average Bonchev–Trinajstić information content (AvgIpc) is 2.07. The van der Waals surface area contributed by atoms with Crippen LogP contribution < -0.4 is 0 Å². The van der Waals surface area contributed by atoms with Crippen LogP contribution in [0, 0.1) is 0 Å². The molecule has 0 saturated carbocycles. The van der Waals surface area contributed by atoms with Gasteiger partial charge in [0.25, 0.3) is 0 Å². The topological polar surface area (TPSA) is 12.5 Å². The number of unbranched alkanes of at least 4 members (excludes halogenated alkanes) is 1. The lowest BCUT2D eigenvalue weighted by Gasteiger charge is -2.26. The van der Waals surface area contributed by atoms with Crippen molar-refractivity contribution in [2.45, 2.75) is 12.8 Å². The smallest absolute Gasteiger partial charge is 0.0594 e. The van der Waals surface area contributed by atoms with Crippen molar-refractivity contribution in [3.8, 4) is 0 Å². The van der Waals surface area contributed by atoms with E-state index in [1.165, 1.54) is 19.4 Å². The molecule has 3 heteroatoms. The Morgan fingerprint density at radius 3 is 2.55 bits per heavy atom. The zero-order valence-electron chi connectivity index (χ0n) is 6.89. The Morgan fingerprint density at radius 2 is 1.91 bits per heavy atom. The highest BCUT2D eigenvalue weighted by Crippen LogP contribution is 2.00. The molecule has 66 valence electrons. The summed E-state index contributed by atoms with van der Waals surface area (Å²) in [6, 6.07) is 0. The van der Waals surface area contributed by atoms with Crippen molar-refractivity contribution in [1.29, 1.82) is 0 Å². The quantitative estimate of drug-likeness (QED) is 0.528. The highest BCUT2D eigenvalue weighted by molar-refractivity contribution is 9.09. The Balaban J connectivity index is 1.96. The second kappa shape index (κ2) is 5.98. The second-order valence-corrected chi connectivity index (χ2v) is 3.64. The molecule has 0 spiro atoms. The lowest BCUT2D eigenvalue weighted by molar-refractivity contribution is 0.0374. The van der Waals surface area contributed by atoms with E-state index < -0.39 is 0 Å². The van der Waals surface area contributed by atoms with Crippen LogP contribution in [0.2, 0.25) is 0 Å². The van der Waals surface area contributed by atoms with Gasteiger partial charge in [0.15, 0.2) is 0 Å². The van der Waals surface area contributed by atoms with Crippen LogP contribution in [0.15, 0.2) is 0 Å². The van der Waals surface area contributed by atoms with Gasteiger partial charge in [0.1, 0.15) is 0 Å². The molecule has 1 heterocycles. The number of alkyl halides is 1. The molecule has 0 N–H and O–H groups in total. The molecule has 1 saturated heterocycles. The van der Waals surface area contributed by atoms with Gasteiger partial charge in [-0.3, -0.25) is 4.90 Å². The molecule has 2 nitrogen and oxygen atoms in total. The number of halogens is 1. The third-order valence-electron chi connectivity index (χ3n) is 1.96. The first kappa shape index (κ1) is 9.49. The van der Waals surface area contributed by atoms with Gasteiger partial charge in [-0.25, -0.2) is 0 Å². The highest BCUT2D eigenvalue weighted by atomic mass is 79.9. The fourth-order valence-electron chi connectivity index (χ4n) is 1.25. The fraction of sp³-hybridized carbons (Fsp3) is 1.00. The van der Waals surface area contributed by atoms with Crippen LogP contribution in [0.3, 0.4) is 0 Å². The Bertz CT molecular complexity index is 94.1. The van der Waals surface area contributed by atoms with Crippen molar-refractivity contribution >= 4 is 15.9 Å². The maximum atomic E-state index is 5.26. The van der Waals surface area contributed by atoms with E-state index in [1.807, 2.05) is 0 Å². The number of rotatable bonds is 4. The van der Waals surface area contributed by atoms with Gasteiger partial charge in [0, 0.05) is 18.4 Å². The first-order chi connectivity index (χ1) is 5.43. The van der Waals surface area contributed by atoms with Gasteiger partial charge in [-0.2, -0.15) is 0 Å². The summed E-state index contributed by atoms with van der Waals surface area (Å²) >= 11 is 3.43. The van der Waals surface area contributed by atoms with Gasteiger partial charge >= 0.3 is 0 Å². The summed E-state index contributed by atoms with van der Waals surface area (Å²) in [4.78, 5) is 2.48. The van der Waals surface area contributed by atoms with E-state index in [0.717, 1.165) is 31.6 Å². The molecule has 0 aliphatic carbocycles. The first-order valence-corrected chi connectivity index (χ1v) is 5.41. The number of hydrogen-bond donors (Lipinski definition) is 0. The van der Waals surface area contributed by atoms with Crippen LogP contribution in [0.4, 0.5) is 0 Å². The van der Waals surface area contributed by atoms with Gasteiger partial charge in [0.2, 0.25) is 0 Å². The summed E-state index contributed by atoms with van der Waals surface area (Å²) in [5, 5.41) is 1.14. The van der Waals surface area contributed by atoms with E-state index in [0.29, 0.717) is 0 Å². The van der Waals surface area contributed by atoms with Gasteiger partial charge in [-0.1, -0.05) is 15.9 Å². The molecule has 0 atom stereocenters. The minimum absolute atomic E-state index is 0.925. The molecule has 11 heavy (non-hydrogen) atoms. The zero-order valence-corrected chi connectivity index (χ0v) is 8.48.